The Bertz CT molecular complexity index is 816. The van der Waals surface area contributed by atoms with E-state index >= 15 is 0 Å². The van der Waals surface area contributed by atoms with Gasteiger partial charge in [0.25, 0.3) is 0 Å². The average molecular weight is 503 g/mol. The summed E-state index contributed by atoms with van der Waals surface area (Å²) in [6.07, 6.45) is -6.38. The number of primary amides is 1. The van der Waals surface area contributed by atoms with Crippen LogP contribution in [0.25, 0.3) is 0 Å². The fourth-order valence-corrected chi connectivity index (χ4v) is 4.19. The van der Waals surface area contributed by atoms with Crippen LogP contribution in [-0.2, 0) is 19.1 Å². The number of ether oxygens (including phenoxy) is 2. The second kappa shape index (κ2) is 11.8. The summed E-state index contributed by atoms with van der Waals surface area (Å²) in [5, 5.41) is 42.3. The number of nitrogens with two attached hydrogens (primary N) is 3. The van der Waals surface area contributed by atoms with Crippen LogP contribution in [0.15, 0.2) is 4.99 Å². The summed E-state index contributed by atoms with van der Waals surface area (Å²) in [4.78, 5) is 39.9. The van der Waals surface area contributed by atoms with E-state index in [9.17, 15) is 29.7 Å². The first-order valence-electron chi connectivity index (χ1n) is 11.4. The lowest BCUT2D eigenvalue weighted by Crippen LogP contribution is -2.69. The number of aliphatic hydroxyl groups excluding tert-OH is 3. The van der Waals surface area contributed by atoms with E-state index in [1.807, 2.05) is 0 Å². The van der Waals surface area contributed by atoms with Crippen LogP contribution in [0, 0.1) is 0 Å². The number of nitrogens with one attached hydrogen (secondary N) is 4. The van der Waals surface area contributed by atoms with Gasteiger partial charge in [0.15, 0.2) is 18.2 Å². The molecule has 0 aromatic heterocycles. The molecule has 0 aromatic carbocycles. The maximum atomic E-state index is 12.6. The molecular formula is C19H34N8O8. The van der Waals surface area contributed by atoms with E-state index in [-0.39, 0.29) is 24.8 Å². The second-order valence-corrected chi connectivity index (χ2v) is 8.74. The quantitative estimate of drug-likeness (QED) is 0.141. The fraction of sp³-hybridized carbons (Fsp3) is 0.789. The minimum Gasteiger partial charge on any atom is -0.447 e. The van der Waals surface area contributed by atoms with Gasteiger partial charge in [-0.2, -0.15) is 0 Å². The van der Waals surface area contributed by atoms with Crippen molar-refractivity contribution in [1.82, 2.24) is 21.3 Å². The van der Waals surface area contributed by atoms with Crippen LogP contribution >= 0.6 is 0 Å². The van der Waals surface area contributed by atoms with Crippen LogP contribution in [0.5, 0.6) is 0 Å². The summed E-state index contributed by atoms with van der Waals surface area (Å²) in [6, 6.07) is -3.23. The molecule has 3 aliphatic rings. The molecule has 0 spiro atoms. The second-order valence-electron chi connectivity index (χ2n) is 8.74. The summed E-state index contributed by atoms with van der Waals surface area (Å²) < 4.78 is 10.5. The van der Waals surface area contributed by atoms with Crippen LogP contribution in [0.3, 0.4) is 0 Å². The molecule has 1 unspecified atom stereocenters. The molecule has 0 bridgehead atoms. The Kier molecular flexibility index (Phi) is 9.03. The van der Waals surface area contributed by atoms with Gasteiger partial charge in [-0.15, -0.1) is 0 Å². The summed E-state index contributed by atoms with van der Waals surface area (Å²) in [5.41, 5.74) is 16.4. The van der Waals surface area contributed by atoms with Crippen molar-refractivity contribution in [2.24, 2.45) is 22.2 Å². The Morgan fingerprint density at radius 3 is 2.69 bits per heavy atom. The number of aliphatic hydroxyl groups is 3. The molecule has 3 aliphatic heterocycles. The number of β-amino-alcohol motifs (C(OH)–C–C–N with tert-alkyl or cyclic N) is 1. The molecule has 35 heavy (non-hydrogen) atoms. The molecule has 2 saturated heterocycles. The highest BCUT2D eigenvalue weighted by atomic mass is 16.6. The van der Waals surface area contributed by atoms with Crippen molar-refractivity contribution in [3.05, 3.63) is 0 Å². The molecule has 0 aromatic rings. The van der Waals surface area contributed by atoms with Crippen LogP contribution in [0.2, 0.25) is 0 Å². The van der Waals surface area contributed by atoms with Crippen LogP contribution in [0.1, 0.15) is 19.3 Å². The van der Waals surface area contributed by atoms with Crippen molar-refractivity contribution in [2.45, 2.75) is 74.1 Å². The van der Waals surface area contributed by atoms with E-state index in [1.165, 1.54) is 0 Å². The number of piperidine rings is 1. The van der Waals surface area contributed by atoms with E-state index in [1.54, 1.807) is 0 Å². The van der Waals surface area contributed by atoms with Gasteiger partial charge in [0.1, 0.15) is 31.0 Å². The van der Waals surface area contributed by atoms with Crippen molar-refractivity contribution in [3.63, 3.8) is 0 Å². The minimum atomic E-state index is -1.55. The van der Waals surface area contributed by atoms with Gasteiger partial charge in [0.05, 0.1) is 12.1 Å². The maximum Gasteiger partial charge on any atom is 0.404 e. The van der Waals surface area contributed by atoms with Crippen LogP contribution in [-0.4, -0.2) is 114 Å². The Labute approximate surface area is 200 Å². The third-order valence-electron chi connectivity index (χ3n) is 6.05. The number of hydrogen-bond acceptors (Lipinski definition) is 13. The van der Waals surface area contributed by atoms with Gasteiger partial charge in [-0.05, 0) is 19.4 Å². The summed E-state index contributed by atoms with van der Waals surface area (Å²) in [6.45, 7) is 0.0141. The lowest BCUT2D eigenvalue weighted by atomic mass is 9.95. The fourth-order valence-electron chi connectivity index (χ4n) is 4.19. The molecule has 0 aliphatic carbocycles. The lowest BCUT2D eigenvalue weighted by Gasteiger charge is -2.43. The van der Waals surface area contributed by atoms with Crippen molar-refractivity contribution in [3.8, 4) is 0 Å². The number of hydrogen-bond donors (Lipinski definition) is 10. The molecule has 198 valence electrons. The predicted molar refractivity (Wildman–Crippen MR) is 119 cm³/mol. The van der Waals surface area contributed by atoms with Gasteiger partial charge in [-0.1, -0.05) is 0 Å². The first kappa shape index (κ1) is 26.8. The molecule has 16 nitrogen and oxygen atoms in total. The number of nitrogens with zero attached hydrogens (tertiary/aromatic N) is 1. The first-order chi connectivity index (χ1) is 16.6. The zero-order chi connectivity index (χ0) is 25.7. The van der Waals surface area contributed by atoms with Crippen molar-refractivity contribution < 1.29 is 39.2 Å². The standard InChI is InChI=1S/C19H34N8O8/c20-3-1-2-7(21)4-10(29)24-13-15(31)14(30)9(6-34-18(22)33)35-17(13)27-19-25-11-8(28)5-23-16(32)12(11)26-19/h7-9,11-15,17,28,30-31H,1-6,20-21H2,(H2,22,33)(H,23,32)(H,24,29)(H2,25,26,27)/t7?,8-,9-,11-,12+,13-,14+,15+,17-/m1/s1. The molecule has 13 N–H and O–H groups in total. The zero-order valence-corrected chi connectivity index (χ0v) is 19.0. The molecule has 0 radical (unpaired) electrons. The summed E-state index contributed by atoms with van der Waals surface area (Å²) in [5.74, 6) is -0.815. The van der Waals surface area contributed by atoms with Gasteiger partial charge >= 0.3 is 6.09 Å². The molecule has 0 saturated carbocycles. The summed E-state index contributed by atoms with van der Waals surface area (Å²) >= 11 is 0. The summed E-state index contributed by atoms with van der Waals surface area (Å²) in [7, 11) is 0. The average Bonchev–Trinajstić information content (AvgIpc) is 3.24. The van der Waals surface area contributed by atoms with E-state index < -0.39 is 73.4 Å². The molecular weight excluding hydrogens is 468 g/mol. The minimum absolute atomic E-state index is 0.0518. The lowest BCUT2D eigenvalue weighted by molar-refractivity contribution is -0.198. The molecule has 16 heteroatoms. The molecule has 3 heterocycles. The largest absolute Gasteiger partial charge is 0.447 e. The predicted octanol–water partition coefficient (Wildman–Crippen LogP) is -5.75. The monoisotopic (exact) mass is 502 g/mol. The van der Waals surface area contributed by atoms with Crippen molar-refractivity contribution >= 4 is 23.9 Å². The Hall–Kier alpha value is -2.76. The van der Waals surface area contributed by atoms with Crippen LogP contribution < -0.4 is 38.5 Å². The molecule has 3 amide bonds. The molecule has 2 fully saturated rings. The van der Waals surface area contributed by atoms with E-state index in [0.717, 1.165) is 0 Å². The maximum absolute atomic E-state index is 12.6. The third-order valence-corrected chi connectivity index (χ3v) is 6.05. The van der Waals surface area contributed by atoms with E-state index in [0.29, 0.717) is 19.4 Å². The van der Waals surface area contributed by atoms with Crippen LogP contribution in [0.4, 0.5) is 4.79 Å². The van der Waals surface area contributed by atoms with E-state index in [4.69, 9.17) is 26.7 Å². The SMILES string of the molecule is NCCCC(N)CC(=O)N[C@@H]1[C@H](O)[C@@H](O)[C@@H](COC(N)=O)O[C@H]1NC1=N[C@@H]2C(=O)NC[C@@H](O)[C@H]2N1. The number of rotatable bonds is 9. The first-order valence-corrected chi connectivity index (χ1v) is 11.4. The number of carbonyl (C=O) groups is 3. The molecule has 9 atom stereocenters. The van der Waals surface area contributed by atoms with Crippen molar-refractivity contribution in [2.75, 3.05) is 19.7 Å². The van der Waals surface area contributed by atoms with Gasteiger partial charge in [-0.3, -0.25) is 9.59 Å². The zero-order valence-electron chi connectivity index (χ0n) is 19.0. The number of amides is 3. The number of carbonyl (C=O) groups excluding carboxylic acids is 3. The number of guanidine groups is 1. The highest BCUT2D eigenvalue weighted by molar-refractivity contribution is 5.92. The number of aliphatic imine (C=N–C) groups is 1. The van der Waals surface area contributed by atoms with Gasteiger partial charge < -0.3 is 63.3 Å². The smallest absolute Gasteiger partial charge is 0.404 e. The van der Waals surface area contributed by atoms with Gasteiger partial charge in [-0.25, -0.2) is 9.79 Å². The molecule has 3 rings (SSSR count). The van der Waals surface area contributed by atoms with Crippen molar-refractivity contribution in [1.29, 1.82) is 0 Å². The highest BCUT2D eigenvalue weighted by Gasteiger charge is 2.48. The Morgan fingerprint density at radius 2 is 2.03 bits per heavy atom. The Morgan fingerprint density at radius 1 is 1.29 bits per heavy atom. The van der Waals surface area contributed by atoms with E-state index in [2.05, 4.69) is 26.3 Å². The highest BCUT2D eigenvalue weighted by Crippen LogP contribution is 2.22. The normalized spacial score (nSPS) is 35.1. The van der Waals surface area contributed by atoms with Gasteiger partial charge in [0.2, 0.25) is 11.8 Å². The topological polar surface area (TPSA) is 269 Å². The van der Waals surface area contributed by atoms with Gasteiger partial charge in [0, 0.05) is 19.0 Å². The Balaban J connectivity index is 1.73. The third kappa shape index (κ3) is 6.68. The number of fused-ring (bicyclic) bond motifs is 1.